The lowest BCUT2D eigenvalue weighted by Crippen LogP contribution is -2.04. The van der Waals surface area contributed by atoms with Gasteiger partial charge in [0, 0.05) is 23.9 Å². The normalized spacial score (nSPS) is 11.2. The third-order valence-corrected chi connectivity index (χ3v) is 4.87. The van der Waals surface area contributed by atoms with E-state index in [0.717, 1.165) is 33.4 Å². The standard InChI is InChI=1S/C13H16N6S2/c1-4-5-14-12-17-10-9(6-8(2)20-10)11(18-12)21-13-15-7-16-19(13)3/h6-7H,4-5H2,1-3H3,(H,14,17,18). The van der Waals surface area contributed by atoms with Crippen molar-refractivity contribution in [2.75, 3.05) is 11.9 Å². The van der Waals surface area contributed by atoms with Crippen molar-refractivity contribution in [2.45, 2.75) is 30.5 Å². The van der Waals surface area contributed by atoms with E-state index in [1.807, 2.05) is 7.05 Å². The molecule has 3 aromatic heterocycles. The number of hydrogen-bond donors (Lipinski definition) is 1. The second-order valence-electron chi connectivity index (χ2n) is 4.62. The average molecular weight is 320 g/mol. The molecule has 8 heteroatoms. The minimum absolute atomic E-state index is 0.677. The first-order valence-electron chi connectivity index (χ1n) is 6.71. The van der Waals surface area contributed by atoms with Crippen molar-refractivity contribution >= 4 is 39.3 Å². The number of nitrogens with zero attached hydrogens (tertiary/aromatic N) is 5. The predicted molar refractivity (Wildman–Crippen MR) is 86.1 cm³/mol. The van der Waals surface area contributed by atoms with E-state index >= 15 is 0 Å². The Morgan fingerprint density at radius 2 is 2.24 bits per heavy atom. The number of aryl methyl sites for hydroxylation is 2. The Balaban J connectivity index is 2.03. The second-order valence-corrected chi connectivity index (χ2v) is 6.81. The van der Waals surface area contributed by atoms with E-state index in [0.29, 0.717) is 5.95 Å². The Hall–Kier alpha value is -1.67. The molecule has 0 saturated heterocycles. The van der Waals surface area contributed by atoms with E-state index in [2.05, 4.69) is 45.3 Å². The number of hydrogen-bond acceptors (Lipinski definition) is 7. The van der Waals surface area contributed by atoms with Crippen LogP contribution in [-0.4, -0.2) is 31.3 Å². The third-order valence-electron chi connectivity index (χ3n) is 2.87. The van der Waals surface area contributed by atoms with Gasteiger partial charge in [0.1, 0.15) is 16.2 Å². The summed E-state index contributed by atoms with van der Waals surface area (Å²) in [5.41, 5.74) is 0. The monoisotopic (exact) mass is 320 g/mol. The van der Waals surface area contributed by atoms with Crippen molar-refractivity contribution in [3.05, 3.63) is 17.3 Å². The maximum absolute atomic E-state index is 4.63. The maximum atomic E-state index is 4.63. The van der Waals surface area contributed by atoms with Gasteiger partial charge in [0.15, 0.2) is 5.16 Å². The van der Waals surface area contributed by atoms with Crippen LogP contribution in [0.5, 0.6) is 0 Å². The molecule has 3 heterocycles. The van der Waals surface area contributed by atoms with Crippen molar-refractivity contribution in [3.8, 4) is 0 Å². The van der Waals surface area contributed by atoms with Crippen LogP contribution in [0, 0.1) is 6.92 Å². The molecule has 1 N–H and O–H groups in total. The first kappa shape index (κ1) is 14.3. The van der Waals surface area contributed by atoms with Crippen molar-refractivity contribution in [2.24, 2.45) is 7.05 Å². The zero-order chi connectivity index (χ0) is 14.8. The summed E-state index contributed by atoms with van der Waals surface area (Å²) in [5.74, 6) is 0.677. The number of anilines is 1. The van der Waals surface area contributed by atoms with Gasteiger partial charge in [-0.25, -0.2) is 19.6 Å². The zero-order valence-electron chi connectivity index (χ0n) is 12.1. The lowest BCUT2D eigenvalue weighted by atomic mass is 10.4. The fourth-order valence-corrected chi connectivity index (χ4v) is 3.67. The summed E-state index contributed by atoms with van der Waals surface area (Å²) < 4.78 is 1.75. The molecular formula is C13H16N6S2. The van der Waals surface area contributed by atoms with Crippen molar-refractivity contribution in [1.82, 2.24) is 24.7 Å². The van der Waals surface area contributed by atoms with Gasteiger partial charge in [0.05, 0.1) is 0 Å². The van der Waals surface area contributed by atoms with Crippen LogP contribution in [0.15, 0.2) is 22.6 Å². The summed E-state index contributed by atoms with van der Waals surface area (Å²) in [5, 5.41) is 10.2. The number of fused-ring (bicyclic) bond motifs is 1. The molecule has 21 heavy (non-hydrogen) atoms. The maximum Gasteiger partial charge on any atom is 0.225 e. The molecule has 6 nitrogen and oxygen atoms in total. The van der Waals surface area contributed by atoms with Gasteiger partial charge in [-0.2, -0.15) is 5.10 Å². The van der Waals surface area contributed by atoms with Gasteiger partial charge < -0.3 is 5.32 Å². The minimum Gasteiger partial charge on any atom is -0.354 e. The fourth-order valence-electron chi connectivity index (χ4n) is 1.87. The highest BCUT2D eigenvalue weighted by Gasteiger charge is 2.14. The molecular weight excluding hydrogens is 304 g/mol. The smallest absolute Gasteiger partial charge is 0.225 e. The van der Waals surface area contributed by atoms with Crippen LogP contribution in [0.1, 0.15) is 18.2 Å². The first-order chi connectivity index (χ1) is 10.2. The molecule has 0 fully saturated rings. The van der Waals surface area contributed by atoms with Gasteiger partial charge in [-0.15, -0.1) is 11.3 Å². The highest BCUT2D eigenvalue weighted by atomic mass is 32.2. The van der Waals surface area contributed by atoms with Crippen LogP contribution < -0.4 is 5.32 Å². The van der Waals surface area contributed by atoms with Crippen LogP contribution in [0.25, 0.3) is 10.2 Å². The van der Waals surface area contributed by atoms with Crippen molar-refractivity contribution in [1.29, 1.82) is 0 Å². The van der Waals surface area contributed by atoms with E-state index in [1.54, 1.807) is 22.3 Å². The summed E-state index contributed by atoms with van der Waals surface area (Å²) in [6.45, 7) is 5.07. The third kappa shape index (κ3) is 3.01. The molecule has 0 aliphatic rings. The number of aromatic nitrogens is 5. The van der Waals surface area contributed by atoms with Gasteiger partial charge in [-0.05, 0) is 31.2 Å². The van der Waals surface area contributed by atoms with Crippen LogP contribution >= 0.6 is 23.1 Å². The topological polar surface area (TPSA) is 68.5 Å². The summed E-state index contributed by atoms with van der Waals surface area (Å²) in [6.07, 6.45) is 2.59. The Morgan fingerprint density at radius 3 is 2.95 bits per heavy atom. The van der Waals surface area contributed by atoms with Crippen molar-refractivity contribution < 1.29 is 0 Å². The SMILES string of the molecule is CCCNc1nc(Sc2ncnn2C)c2cc(C)sc2n1. The molecule has 0 spiro atoms. The Morgan fingerprint density at radius 1 is 1.38 bits per heavy atom. The largest absolute Gasteiger partial charge is 0.354 e. The Kier molecular flexibility index (Phi) is 4.07. The molecule has 110 valence electrons. The lowest BCUT2D eigenvalue weighted by Gasteiger charge is -2.06. The highest BCUT2D eigenvalue weighted by molar-refractivity contribution is 7.99. The molecule has 0 unspecified atom stereocenters. The molecule has 0 amide bonds. The number of rotatable bonds is 5. The molecule has 0 aliphatic heterocycles. The first-order valence-corrected chi connectivity index (χ1v) is 8.34. The molecule has 0 aliphatic carbocycles. The Labute approximate surface area is 131 Å². The van der Waals surface area contributed by atoms with Crippen LogP contribution in [-0.2, 0) is 7.05 Å². The van der Waals surface area contributed by atoms with Gasteiger partial charge >= 0.3 is 0 Å². The molecule has 0 bridgehead atoms. The van der Waals surface area contributed by atoms with E-state index in [-0.39, 0.29) is 0 Å². The molecule has 3 rings (SSSR count). The molecule has 0 radical (unpaired) electrons. The lowest BCUT2D eigenvalue weighted by molar-refractivity contribution is 0.685. The van der Waals surface area contributed by atoms with Crippen LogP contribution in [0.4, 0.5) is 5.95 Å². The Bertz CT molecular complexity index is 763. The fraction of sp³-hybridized carbons (Fsp3) is 0.385. The van der Waals surface area contributed by atoms with Crippen LogP contribution in [0.2, 0.25) is 0 Å². The van der Waals surface area contributed by atoms with Gasteiger partial charge in [0.25, 0.3) is 0 Å². The number of nitrogens with one attached hydrogen (secondary N) is 1. The molecule has 3 aromatic rings. The van der Waals surface area contributed by atoms with Gasteiger partial charge in [-0.3, -0.25) is 0 Å². The van der Waals surface area contributed by atoms with Gasteiger partial charge in [-0.1, -0.05) is 6.92 Å². The predicted octanol–water partition coefficient (Wildman–Crippen LogP) is 3.10. The second kappa shape index (κ2) is 5.98. The minimum atomic E-state index is 0.677. The van der Waals surface area contributed by atoms with Gasteiger partial charge in [0.2, 0.25) is 5.95 Å². The zero-order valence-corrected chi connectivity index (χ0v) is 13.8. The summed E-state index contributed by atoms with van der Waals surface area (Å²) in [7, 11) is 1.88. The average Bonchev–Trinajstić information content (AvgIpc) is 3.02. The molecule has 0 saturated carbocycles. The van der Waals surface area contributed by atoms with Crippen LogP contribution in [0.3, 0.4) is 0 Å². The van der Waals surface area contributed by atoms with Crippen molar-refractivity contribution in [3.63, 3.8) is 0 Å². The van der Waals surface area contributed by atoms with E-state index in [9.17, 15) is 0 Å². The molecule has 0 aromatic carbocycles. The van der Waals surface area contributed by atoms with E-state index in [1.165, 1.54) is 16.6 Å². The highest BCUT2D eigenvalue weighted by Crippen LogP contribution is 2.34. The van der Waals surface area contributed by atoms with E-state index < -0.39 is 0 Å². The summed E-state index contributed by atoms with van der Waals surface area (Å²) >= 11 is 3.20. The van der Waals surface area contributed by atoms with E-state index in [4.69, 9.17) is 0 Å². The quantitative estimate of drug-likeness (QED) is 0.729. The number of thiophene rings is 1. The summed E-state index contributed by atoms with van der Waals surface area (Å²) in [4.78, 5) is 15.7. The molecule has 0 atom stereocenters. The summed E-state index contributed by atoms with van der Waals surface area (Å²) in [6, 6.07) is 2.13.